The summed E-state index contributed by atoms with van der Waals surface area (Å²) in [7, 11) is 1.70. The summed E-state index contributed by atoms with van der Waals surface area (Å²) < 4.78 is 16.5. The third kappa shape index (κ3) is 5.09. The highest BCUT2D eigenvalue weighted by atomic mass is 16.5. The van der Waals surface area contributed by atoms with Crippen LogP contribution in [0.25, 0.3) is 0 Å². The van der Waals surface area contributed by atoms with Gasteiger partial charge in [-0.2, -0.15) is 0 Å². The van der Waals surface area contributed by atoms with Gasteiger partial charge >= 0.3 is 0 Å². The van der Waals surface area contributed by atoms with E-state index in [0.717, 1.165) is 18.0 Å². The Morgan fingerprint density at radius 1 is 1.21 bits per heavy atom. The van der Waals surface area contributed by atoms with E-state index in [9.17, 15) is 0 Å². The summed E-state index contributed by atoms with van der Waals surface area (Å²) in [6, 6.07) is 8.41. The van der Waals surface area contributed by atoms with Gasteiger partial charge in [-0.05, 0) is 44.0 Å². The van der Waals surface area contributed by atoms with Crippen LogP contribution in [0.1, 0.15) is 19.8 Å². The van der Waals surface area contributed by atoms with E-state index in [1.165, 1.54) is 12.8 Å². The third-order valence-corrected chi connectivity index (χ3v) is 3.00. The molecule has 1 aliphatic carbocycles. The minimum Gasteiger partial charge on any atom is -0.494 e. The van der Waals surface area contributed by atoms with Gasteiger partial charge in [-0.25, -0.2) is 0 Å². The zero-order chi connectivity index (χ0) is 13.5. The lowest BCUT2D eigenvalue weighted by molar-refractivity contribution is 0.0803. The maximum atomic E-state index is 5.92. The molecule has 0 amide bonds. The van der Waals surface area contributed by atoms with Crippen molar-refractivity contribution in [1.29, 1.82) is 0 Å². The first-order chi connectivity index (χ1) is 9.31. The highest BCUT2D eigenvalue weighted by Gasteiger charge is 2.22. The van der Waals surface area contributed by atoms with Gasteiger partial charge in [0.05, 0.1) is 13.2 Å². The van der Waals surface area contributed by atoms with E-state index in [0.29, 0.717) is 19.3 Å². The topological polar surface area (TPSA) is 39.7 Å². The molecular formula is C15H23NO3. The minimum absolute atomic E-state index is 0.0449. The highest BCUT2D eigenvalue weighted by molar-refractivity contribution is 5.31. The van der Waals surface area contributed by atoms with Crippen molar-refractivity contribution in [2.24, 2.45) is 0 Å². The second-order valence-corrected chi connectivity index (χ2v) is 4.78. The molecule has 0 spiro atoms. The second-order valence-electron chi connectivity index (χ2n) is 4.78. The Hall–Kier alpha value is -1.26. The fraction of sp³-hybridized carbons (Fsp3) is 0.600. The molecule has 0 aliphatic heterocycles. The predicted octanol–water partition coefficient (Wildman–Crippen LogP) is 2.23. The van der Waals surface area contributed by atoms with E-state index in [4.69, 9.17) is 14.2 Å². The molecule has 2 rings (SSSR count). The molecule has 0 saturated heterocycles. The first-order valence-electron chi connectivity index (χ1n) is 6.93. The SMILES string of the molecule is CCOc1ccc(OC(CNC2CC2)COC)cc1. The van der Waals surface area contributed by atoms with Crippen LogP contribution in [0.2, 0.25) is 0 Å². The standard InChI is InChI=1S/C15H23NO3/c1-3-18-13-6-8-14(9-7-13)19-15(11-17-2)10-16-12-4-5-12/h6-9,12,15-16H,3-5,10-11H2,1-2H3. The maximum absolute atomic E-state index is 5.92. The predicted molar refractivity (Wildman–Crippen MR) is 74.9 cm³/mol. The van der Waals surface area contributed by atoms with Crippen molar-refractivity contribution in [3.8, 4) is 11.5 Å². The van der Waals surface area contributed by atoms with Gasteiger partial charge in [0.25, 0.3) is 0 Å². The number of rotatable bonds is 9. The van der Waals surface area contributed by atoms with Crippen molar-refractivity contribution in [1.82, 2.24) is 5.32 Å². The first-order valence-corrected chi connectivity index (χ1v) is 6.93. The molecule has 4 heteroatoms. The molecule has 1 N–H and O–H groups in total. The number of nitrogens with one attached hydrogen (secondary N) is 1. The van der Waals surface area contributed by atoms with Crippen LogP contribution in [-0.2, 0) is 4.74 Å². The number of benzene rings is 1. The zero-order valence-electron chi connectivity index (χ0n) is 11.7. The second kappa shape index (κ2) is 7.36. The van der Waals surface area contributed by atoms with E-state index < -0.39 is 0 Å². The fourth-order valence-electron chi connectivity index (χ4n) is 1.88. The monoisotopic (exact) mass is 265 g/mol. The summed E-state index contributed by atoms with van der Waals surface area (Å²) in [4.78, 5) is 0. The van der Waals surface area contributed by atoms with Crippen LogP contribution in [-0.4, -0.2) is 39.0 Å². The van der Waals surface area contributed by atoms with Crippen LogP contribution < -0.4 is 14.8 Å². The quantitative estimate of drug-likeness (QED) is 0.743. The molecule has 106 valence electrons. The Bertz CT molecular complexity index is 362. The lowest BCUT2D eigenvalue weighted by atomic mass is 10.3. The molecule has 1 aromatic rings. The molecule has 1 unspecified atom stereocenters. The lowest BCUT2D eigenvalue weighted by Gasteiger charge is -2.19. The lowest BCUT2D eigenvalue weighted by Crippen LogP contribution is -2.35. The van der Waals surface area contributed by atoms with Crippen LogP contribution in [0.4, 0.5) is 0 Å². The van der Waals surface area contributed by atoms with Gasteiger partial charge in [-0.1, -0.05) is 0 Å². The number of hydrogen-bond acceptors (Lipinski definition) is 4. The average Bonchev–Trinajstić information content (AvgIpc) is 3.23. The summed E-state index contributed by atoms with van der Waals surface area (Å²) in [5.41, 5.74) is 0. The third-order valence-electron chi connectivity index (χ3n) is 3.00. The summed E-state index contributed by atoms with van der Waals surface area (Å²) in [6.45, 7) is 4.07. The molecule has 1 fully saturated rings. The van der Waals surface area contributed by atoms with Crippen molar-refractivity contribution in [2.45, 2.75) is 31.9 Å². The van der Waals surface area contributed by atoms with Crippen LogP contribution >= 0.6 is 0 Å². The van der Waals surface area contributed by atoms with E-state index >= 15 is 0 Å². The molecule has 0 heterocycles. The summed E-state index contributed by atoms with van der Waals surface area (Å²) in [6.07, 6.45) is 2.61. The molecule has 1 aliphatic rings. The molecule has 1 atom stereocenters. The number of hydrogen-bond donors (Lipinski definition) is 1. The van der Waals surface area contributed by atoms with Gasteiger partial charge in [0, 0.05) is 19.7 Å². The van der Waals surface area contributed by atoms with Crippen LogP contribution in [0.15, 0.2) is 24.3 Å². The summed E-state index contributed by atoms with van der Waals surface area (Å²) in [5, 5.41) is 3.46. The molecule has 4 nitrogen and oxygen atoms in total. The van der Waals surface area contributed by atoms with Gasteiger partial charge in [-0.15, -0.1) is 0 Å². The summed E-state index contributed by atoms with van der Waals surface area (Å²) >= 11 is 0. The Balaban J connectivity index is 1.83. The Morgan fingerprint density at radius 3 is 2.47 bits per heavy atom. The van der Waals surface area contributed by atoms with Gasteiger partial charge < -0.3 is 19.5 Å². The van der Waals surface area contributed by atoms with Crippen molar-refractivity contribution in [3.05, 3.63) is 24.3 Å². The van der Waals surface area contributed by atoms with Gasteiger partial charge in [0.2, 0.25) is 0 Å². The number of ether oxygens (including phenoxy) is 3. The van der Waals surface area contributed by atoms with Crippen molar-refractivity contribution < 1.29 is 14.2 Å². The normalized spacial score (nSPS) is 16.1. The molecule has 1 aromatic carbocycles. The molecule has 1 saturated carbocycles. The smallest absolute Gasteiger partial charge is 0.134 e. The maximum Gasteiger partial charge on any atom is 0.134 e. The van der Waals surface area contributed by atoms with Crippen LogP contribution in [0.3, 0.4) is 0 Å². The highest BCUT2D eigenvalue weighted by Crippen LogP contribution is 2.20. The van der Waals surface area contributed by atoms with Gasteiger partial charge in [0.1, 0.15) is 17.6 Å². The van der Waals surface area contributed by atoms with E-state index in [2.05, 4.69) is 5.32 Å². The minimum atomic E-state index is 0.0449. The van der Waals surface area contributed by atoms with Gasteiger partial charge in [-0.3, -0.25) is 0 Å². The molecule has 0 radical (unpaired) electrons. The molecular weight excluding hydrogens is 242 g/mol. The Labute approximate surface area is 115 Å². The van der Waals surface area contributed by atoms with E-state index in [1.807, 2.05) is 31.2 Å². The van der Waals surface area contributed by atoms with Gasteiger partial charge in [0.15, 0.2) is 0 Å². The zero-order valence-corrected chi connectivity index (χ0v) is 11.7. The Kier molecular flexibility index (Phi) is 5.48. The van der Waals surface area contributed by atoms with Crippen molar-refractivity contribution in [3.63, 3.8) is 0 Å². The van der Waals surface area contributed by atoms with Crippen LogP contribution in [0, 0.1) is 0 Å². The Morgan fingerprint density at radius 2 is 1.89 bits per heavy atom. The molecule has 0 bridgehead atoms. The molecule has 19 heavy (non-hydrogen) atoms. The first kappa shape index (κ1) is 14.2. The van der Waals surface area contributed by atoms with Crippen molar-refractivity contribution in [2.75, 3.05) is 26.9 Å². The number of methoxy groups -OCH3 is 1. The molecule has 0 aromatic heterocycles. The summed E-state index contributed by atoms with van der Waals surface area (Å²) in [5.74, 6) is 1.72. The van der Waals surface area contributed by atoms with E-state index in [1.54, 1.807) is 7.11 Å². The fourth-order valence-corrected chi connectivity index (χ4v) is 1.88. The van der Waals surface area contributed by atoms with Crippen molar-refractivity contribution >= 4 is 0 Å². The largest absolute Gasteiger partial charge is 0.494 e. The average molecular weight is 265 g/mol. The van der Waals surface area contributed by atoms with E-state index in [-0.39, 0.29) is 6.10 Å². The van der Waals surface area contributed by atoms with Crippen LogP contribution in [0.5, 0.6) is 11.5 Å².